The Kier molecular flexibility index (Phi) is 1.21. The van der Waals surface area contributed by atoms with Crippen molar-refractivity contribution in [2.75, 3.05) is 5.88 Å². The largest absolute Gasteiger partial charge is 0.126 e. The molecule has 4 fully saturated rings. The van der Waals surface area contributed by atoms with Crippen molar-refractivity contribution >= 4 is 11.6 Å². The molecule has 0 aliphatic heterocycles. The summed E-state index contributed by atoms with van der Waals surface area (Å²) in [7, 11) is 0. The molecule has 0 spiro atoms. The first-order valence-electron chi connectivity index (χ1n) is 4.87. The molecular formula is C10H15Cl. The Hall–Kier alpha value is 0.290. The molecule has 62 valence electrons. The quantitative estimate of drug-likeness (QED) is 0.531. The maximum atomic E-state index is 6.05. The Morgan fingerprint density at radius 1 is 1.09 bits per heavy atom. The van der Waals surface area contributed by atoms with E-state index in [1.165, 1.54) is 19.3 Å². The van der Waals surface area contributed by atoms with Crippen LogP contribution >= 0.6 is 11.6 Å². The molecule has 0 amide bonds. The molecule has 0 nitrogen and oxygen atoms in total. The molecule has 4 aliphatic rings. The second-order valence-corrected chi connectivity index (χ2v) is 5.37. The fraction of sp³-hybridized carbons (Fsp3) is 1.00. The highest BCUT2D eigenvalue weighted by atomic mass is 35.5. The minimum atomic E-state index is 0.623. The van der Waals surface area contributed by atoms with Crippen molar-refractivity contribution in [2.45, 2.75) is 32.1 Å². The number of rotatable bonds is 1. The predicted molar refractivity (Wildman–Crippen MR) is 46.7 cm³/mol. The Balaban J connectivity index is 1.94. The zero-order valence-corrected chi connectivity index (χ0v) is 7.61. The summed E-state index contributed by atoms with van der Waals surface area (Å²) in [5.74, 6) is 4.20. The van der Waals surface area contributed by atoms with Crippen molar-refractivity contribution in [3.05, 3.63) is 0 Å². The maximum Gasteiger partial charge on any atom is 0.0280 e. The van der Waals surface area contributed by atoms with Gasteiger partial charge in [0.25, 0.3) is 0 Å². The van der Waals surface area contributed by atoms with Crippen LogP contribution in [0.25, 0.3) is 0 Å². The predicted octanol–water partition coefficient (Wildman–Crippen LogP) is 3.05. The van der Waals surface area contributed by atoms with Gasteiger partial charge in [-0.3, -0.25) is 0 Å². The molecular weight excluding hydrogens is 156 g/mol. The summed E-state index contributed by atoms with van der Waals surface area (Å²) in [6.45, 7) is 0. The SMILES string of the molecule is ClCC12CC3CC(C1)C(C3)C2. The molecule has 11 heavy (non-hydrogen) atoms. The molecule has 4 bridgehead atoms. The minimum Gasteiger partial charge on any atom is -0.126 e. The molecule has 4 rings (SSSR count). The number of alkyl halides is 1. The van der Waals surface area contributed by atoms with Crippen molar-refractivity contribution in [3.8, 4) is 0 Å². The molecule has 0 saturated heterocycles. The van der Waals surface area contributed by atoms with Gasteiger partial charge in [0, 0.05) is 5.88 Å². The lowest BCUT2D eigenvalue weighted by Crippen LogP contribution is -2.28. The van der Waals surface area contributed by atoms with E-state index in [0.717, 1.165) is 23.6 Å². The Labute approximate surface area is 73.3 Å². The zero-order valence-electron chi connectivity index (χ0n) is 6.85. The first-order chi connectivity index (χ1) is 5.31. The highest BCUT2D eigenvalue weighted by molar-refractivity contribution is 6.18. The van der Waals surface area contributed by atoms with Crippen LogP contribution in [0, 0.1) is 23.2 Å². The third kappa shape index (κ3) is 0.771. The normalized spacial score (nSPS) is 59.2. The van der Waals surface area contributed by atoms with Crippen molar-refractivity contribution in [1.82, 2.24) is 0 Å². The first kappa shape index (κ1) is 6.77. The summed E-state index contributed by atoms with van der Waals surface area (Å²) in [5, 5.41) is 0. The van der Waals surface area contributed by atoms with Crippen LogP contribution in [0.3, 0.4) is 0 Å². The van der Waals surface area contributed by atoms with Gasteiger partial charge in [0.2, 0.25) is 0 Å². The number of hydrogen-bond acceptors (Lipinski definition) is 0. The third-order valence-corrected chi connectivity index (χ3v) is 4.90. The minimum absolute atomic E-state index is 0.623. The van der Waals surface area contributed by atoms with Gasteiger partial charge < -0.3 is 0 Å². The van der Waals surface area contributed by atoms with Crippen LogP contribution in [0.1, 0.15) is 32.1 Å². The molecule has 4 aliphatic carbocycles. The summed E-state index contributed by atoms with van der Waals surface area (Å²) in [6, 6.07) is 0. The van der Waals surface area contributed by atoms with Crippen LogP contribution in [0.2, 0.25) is 0 Å². The monoisotopic (exact) mass is 170 g/mol. The van der Waals surface area contributed by atoms with Crippen LogP contribution in [-0.4, -0.2) is 5.88 Å². The van der Waals surface area contributed by atoms with Gasteiger partial charge in [-0.2, -0.15) is 0 Å². The Morgan fingerprint density at radius 3 is 2.18 bits per heavy atom. The average molecular weight is 171 g/mol. The van der Waals surface area contributed by atoms with Crippen LogP contribution in [0.4, 0.5) is 0 Å². The van der Waals surface area contributed by atoms with Gasteiger partial charge in [0.05, 0.1) is 0 Å². The van der Waals surface area contributed by atoms with Gasteiger partial charge in [-0.25, -0.2) is 0 Å². The second kappa shape index (κ2) is 1.96. The molecule has 2 unspecified atom stereocenters. The highest BCUT2D eigenvalue weighted by Crippen LogP contribution is 2.64. The lowest BCUT2D eigenvalue weighted by atomic mass is 9.71. The van der Waals surface area contributed by atoms with Gasteiger partial charge in [-0.05, 0) is 55.3 Å². The fourth-order valence-corrected chi connectivity index (χ4v) is 4.47. The van der Waals surface area contributed by atoms with E-state index in [-0.39, 0.29) is 0 Å². The summed E-state index contributed by atoms with van der Waals surface area (Å²) in [5.41, 5.74) is 0.623. The molecule has 4 saturated carbocycles. The maximum absolute atomic E-state index is 6.05. The van der Waals surface area contributed by atoms with Gasteiger partial charge in [-0.15, -0.1) is 11.6 Å². The van der Waals surface area contributed by atoms with E-state index in [9.17, 15) is 0 Å². The van der Waals surface area contributed by atoms with Gasteiger partial charge in [0.15, 0.2) is 0 Å². The Bertz CT molecular complexity index is 168. The highest BCUT2D eigenvalue weighted by Gasteiger charge is 2.55. The van der Waals surface area contributed by atoms with E-state index in [4.69, 9.17) is 11.6 Å². The van der Waals surface area contributed by atoms with Gasteiger partial charge >= 0.3 is 0 Å². The standard InChI is InChI=1S/C10H15Cl/c11-6-10-3-7-1-8(4-10)9(2-7)5-10/h7-9H,1-6H2. The molecule has 0 heterocycles. The topological polar surface area (TPSA) is 0 Å². The molecule has 0 aromatic heterocycles. The van der Waals surface area contributed by atoms with E-state index < -0.39 is 0 Å². The fourth-order valence-electron chi connectivity index (χ4n) is 4.14. The first-order valence-corrected chi connectivity index (χ1v) is 5.41. The average Bonchev–Trinajstić information content (AvgIpc) is 2.40. The molecule has 0 aromatic carbocycles. The molecule has 0 radical (unpaired) electrons. The van der Waals surface area contributed by atoms with Crippen LogP contribution in [0.15, 0.2) is 0 Å². The summed E-state index contributed by atoms with van der Waals surface area (Å²) in [6.07, 6.45) is 7.49. The molecule has 2 atom stereocenters. The van der Waals surface area contributed by atoms with Crippen LogP contribution in [0.5, 0.6) is 0 Å². The second-order valence-electron chi connectivity index (χ2n) is 5.10. The molecule has 0 aromatic rings. The van der Waals surface area contributed by atoms with Crippen LogP contribution < -0.4 is 0 Å². The number of halogens is 1. The third-order valence-electron chi connectivity index (χ3n) is 4.33. The summed E-state index contributed by atoms with van der Waals surface area (Å²) in [4.78, 5) is 0. The van der Waals surface area contributed by atoms with E-state index in [1.807, 2.05) is 0 Å². The van der Waals surface area contributed by atoms with Crippen molar-refractivity contribution < 1.29 is 0 Å². The zero-order chi connectivity index (χ0) is 7.47. The van der Waals surface area contributed by atoms with E-state index in [0.29, 0.717) is 5.41 Å². The van der Waals surface area contributed by atoms with E-state index in [1.54, 1.807) is 12.8 Å². The molecule has 0 N–H and O–H groups in total. The van der Waals surface area contributed by atoms with Crippen LogP contribution in [-0.2, 0) is 0 Å². The van der Waals surface area contributed by atoms with E-state index in [2.05, 4.69) is 0 Å². The summed E-state index contributed by atoms with van der Waals surface area (Å²) < 4.78 is 0. The van der Waals surface area contributed by atoms with Crippen molar-refractivity contribution in [2.24, 2.45) is 23.2 Å². The molecule has 1 heteroatoms. The smallest absolute Gasteiger partial charge is 0.0280 e. The number of hydrogen-bond donors (Lipinski definition) is 0. The van der Waals surface area contributed by atoms with Gasteiger partial charge in [-0.1, -0.05) is 0 Å². The van der Waals surface area contributed by atoms with E-state index >= 15 is 0 Å². The Morgan fingerprint density at radius 2 is 1.73 bits per heavy atom. The summed E-state index contributed by atoms with van der Waals surface area (Å²) >= 11 is 6.05. The van der Waals surface area contributed by atoms with Gasteiger partial charge in [0.1, 0.15) is 0 Å². The lowest BCUT2D eigenvalue weighted by Gasteiger charge is -2.36. The van der Waals surface area contributed by atoms with Crippen molar-refractivity contribution in [3.63, 3.8) is 0 Å². The van der Waals surface area contributed by atoms with Crippen molar-refractivity contribution in [1.29, 1.82) is 0 Å². The lowest BCUT2D eigenvalue weighted by molar-refractivity contribution is 0.171.